The van der Waals surface area contributed by atoms with Gasteiger partial charge in [-0.25, -0.2) is 4.79 Å². The highest BCUT2D eigenvalue weighted by molar-refractivity contribution is 9.10. The van der Waals surface area contributed by atoms with Crippen LogP contribution >= 0.6 is 27.7 Å². The molecule has 0 amide bonds. The summed E-state index contributed by atoms with van der Waals surface area (Å²) in [5.74, 6) is 2.21. The molecule has 6 nitrogen and oxygen atoms in total. The van der Waals surface area contributed by atoms with Crippen molar-refractivity contribution in [3.8, 4) is 11.5 Å². The summed E-state index contributed by atoms with van der Waals surface area (Å²) in [6.07, 6.45) is 0.977. The van der Waals surface area contributed by atoms with Crippen molar-refractivity contribution in [1.29, 1.82) is 0 Å². The Morgan fingerprint density at radius 1 is 1.11 bits per heavy atom. The Morgan fingerprint density at radius 2 is 1.86 bits per heavy atom. The summed E-state index contributed by atoms with van der Waals surface area (Å²) in [6.45, 7) is 4.27. The van der Waals surface area contributed by atoms with Gasteiger partial charge in [0, 0.05) is 41.0 Å². The molecule has 2 aliphatic rings. The Bertz CT molecular complexity index is 1250. The SMILES string of the molecule is CCSCCOC(=O)C1=C(C)NC2=C(C(=O)C[C@H](c3ccccc3OC)C2)[C@@H]1c1ccc(OC)c(Br)c1. The zero-order valence-corrected chi connectivity index (χ0v) is 24.0. The van der Waals surface area contributed by atoms with E-state index in [1.54, 1.807) is 26.0 Å². The maximum atomic E-state index is 13.8. The van der Waals surface area contributed by atoms with Gasteiger partial charge in [-0.15, -0.1) is 0 Å². The molecule has 4 rings (SSSR count). The van der Waals surface area contributed by atoms with Crippen molar-refractivity contribution in [3.05, 3.63) is 80.6 Å². The Morgan fingerprint density at radius 3 is 2.57 bits per heavy atom. The molecular weight excluding hydrogens is 554 g/mol. The number of carbonyl (C=O) groups excluding carboxylic acids is 2. The summed E-state index contributed by atoms with van der Waals surface area (Å²) in [4.78, 5) is 27.2. The lowest BCUT2D eigenvalue weighted by Crippen LogP contribution is -2.36. The third kappa shape index (κ3) is 5.75. The lowest BCUT2D eigenvalue weighted by atomic mass is 9.71. The molecule has 37 heavy (non-hydrogen) atoms. The minimum Gasteiger partial charge on any atom is -0.496 e. The minimum atomic E-state index is -0.532. The summed E-state index contributed by atoms with van der Waals surface area (Å²) in [5, 5.41) is 3.41. The number of nitrogens with one attached hydrogen (secondary N) is 1. The predicted octanol–water partition coefficient (Wildman–Crippen LogP) is 6.12. The zero-order chi connectivity index (χ0) is 26.5. The average molecular weight is 587 g/mol. The van der Waals surface area contributed by atoms with Crippen LogP contribution < -0.4 is 14.8 Å². The van der Waals surface area contributed by atoms with Gasteiger partial charge in [-0.05, 0) is 64.4 Å². The third-order valence-corrected chi connectivity index (χ3v) is 8.28. The van der Waals surface area contributed by atoms with E-state index >= 15 is 0 Å². The second-order valence-corrected chi connectivity index (χ2v) is 11.2. The van der Waals surface area contributed by atoms with Crippen LogP contribution in [-0.2, 0) is 14.3 Å². The van der Waals surface area contributed by atoms with Gasteiger partial charge in [0.15, 0.2) is 5.78 Å². The van der Waals surface area contributed by atoms with Gasteiger partial charge in [0.2, 0.25) is 0 Å². The standard InChI is InChI=1S/C29H32BrNO5S/c1-5-37-13-12-36-29(33)26-17(2)31-22-15-19(20-8-6-7-9-24(20)34-3)16-23(32)28(22)27(26)18-10-11-25(35-4)21(30)14-18/h6-11,14,19,27,31H,5,12-13,15-16H2,1-4H3/t19-,27-/m1/s1. The van der Waals surface area contributed by atoms with Gasteiger partial charge in [0.1, 0.15) is 18.1 Å². The van der Waals surface area contributed by atoms with E-state index < -0.39 is 11.9 Å². The number of rotatable bonds is 9. The van der Waals surface area contributed by atoms with E-state index in [0.29, 0.717) is 42.0 Å². The number of thioether (sulfide) groups is 1. The summed E-state index contributed by atoms with van der Waals surface area (Å²) in [6, 6.07) is 13.5. The van der Waals surface area contributed by atoms with Crippen molar-refractivity contribution < 1.29 is 23.8 Å². The van der Waals surface area contributed by atoms with E-state index in [9.17, 15) is 9.59 Å². The molecule has 196 valence electrons. The molecule has 1 heterocycles. The zero-order valence-electron chi connectivity index (χ0n) is 21.6. The van der Waals surface area contributed by atoms with Crippen LogP contribution in [0.4, 0.5) is 0 Å². The van der Waals surface area contributed by atoms with Gasteiger partial charge in [0.05, 0.1) is 24.3 Å². The third-order valence-electron chi connectivity index (χ3n) is 6.80. The number of Topliss-reactive ketones (excluding diaryl/α,β-unsaturated/α-hetero) is 1. The molecule has 0 spiro atoms. The van der Waals surface area contributed by atoms with Gasteiger partial charge < -0.3 is 19.5 Å². The van der Waals surface area contributed by atoms with E-state index in [-0.39, 0.29) is 11.7 Å². The first-order chi connectivity index (χ1) is 17.9. The molecule has 2 aromatic carbocycles. The molecule has 2 aromatic rings. The smallest absolute Gasteiger partial charge is 0.336 e. The van der Waals surface area contributed by atoms with E-state index in [1.807, 2.05) is 49.4 Å². The largest absolute Gasteiger partial charge is 0.496 e. The molecular formula is C29H32BrNO5S. The number of carbonyl (C=O) groups is 2. The minimum absolute atomic E-state index is 0.0148. The van der Waals surface area contributed by atoms with Crippen LogP contribution in [0.2, 0.25) is 0 Å². The fourth-order valence-corrected chi connectivity index (χ4v) is 6.19. The van der Waals surface area contributed by atoms with E-state index in [1.165, 1.54) is 0 Å². The number of benzene rings is 2. The molecule has 0 saturated heterocycles. The number of ether oxygens (including phenoxy) is 3. The van der Waals surface area contributed by atoms with Crippen molar-refractivity contribution in [2.75, 3.05) is 32.3 Å². The van der Waals surface area contributed by atoms with Crippen molar-refractivity contribution in [1.82, 2.24) is 5.32 Å². The molecule has 2 atom stereocenters. The van der Waals surface area contributed by atoms with Crippen LogP contribution in [0.3, 0.4) is 0 Å². The highest BCUT2D eigenvalue weighted by atomic mass is 79.9. The quantitative estimate of drug-likeness (QED) is 0.280. The van der Waals surface area contributed by atoms with Gasteiger partial charge in [-0.2, -0.15) is 11.8 Å². The van der Waals surface area contributed by atoms with Crippen molar-refractivity contribution in [2.45, 2.75) is 38.5 Å². The first-order valence-electron chi connectivity index (χ1n) is 12.3. The molecule has 1 aliphatic heterocycles. The fraction of sp³-hybridized carbons (Fsp3) is 0.379. The van der Waals surface area contributed by atoms with Crippen molar-refractivity contribution >= 4 is 39.4 Å². The first-order valence-corrected chi connectivity index (χ1v) is 14.3. The average Bonchev–Trinajstić information content (AvgIpc) is 2.90. The number of para-hydroxylation sites is 1. The van der Waals surface area contributed by atoms with Gasteiger partial charge in [-0.1, -0.05) is 31.2 Å². The van der Waals surface area contributed by atoms with Crippen LogP contribution in [0.5, 0.6) is 11.5 Å². The Labute approximate surface area is 231 Å². The number of allylic oxidation sites excluding steroid dienone is 3. The maximum Gasteiger partial charge on any atom is 0.336 e. The van der Waals surface area contributed by atoms with E-state index in [2.05, 4.69) is 28.2 Å². The van der Waals surface area contributed by atoms with Crippen LogP contribution in [0.15, 0.2) is 69.5 Å². The lowest BCUT2D eigenvalue weighted by molar-refractivity contribution is -0.138. The molecule has 0 aromatic heterocycles. The molecule has 0 fully saturated rings. The summed E-state index contributed by atoms with van der Waals surface area (Å²) < 4.78 is 17.4. The summed E-state index contributed by atoms with van der Waals surface area (Å²) in [5.41, 5.74) is 4.50. The monoisotopic (exact) mass is 585 g/mol. The van der Waals surface area contributed by atoms with Crippen LogP contribution in [-0.4, -0.2) is 44.1 Å². The van der Waals surface area contributed by atoms with Gasteiger partial charge >= 0.3 is 5.97 Å². The number of halogens is 1. The molecule has 8 heteroatoms. The summed E-state index contributed by atoms with van der Waals surface area (Å²) >= 11 is 5.29. The Balaban J connectivity index is 1.76. The van der Waals surface area contributed by atoms with Crippen LogP contribution in [0.25, 0.3) is 0 Å². The number of hydrogen-bond acceptors (Lipinski definition) is 7. The predicted molar refractivity (Wildman–Crippen MR) is 150 cm³/mol. The lowest BCUT2D eigenvalue weighted by Gasteiger charge is -2.37. The molecule has 0 saturated carbocycles. The molecule has 1 aliphatic carbocycles. The maximum absolute atomic E-state index is 13.8. The van der Waals surface area contributed by atoms with E-state index in [4.69, 9.17) is 14.2 Å². The number of hydrogen-bond donors (Lipinski definition) is 1. The molecule has 1 N–H and O–H groups in total. The highest BCUT2D eigenvalue weighted by Gasteiger charge is 2.42. The number of methoxy groups -OCH3 is 2. The highest BCUT2D eigenvalue weighted by Crippen LogP contribution is 2.47. The van der Waals surface area contributed by atoms with Crippen LogP contribution in [0.1, 0.15) is 49.7 Å². The van der Waals surface area contributed by atoms with Crippen molar-refractivity contribution in [3.63, 3.8) is 0 Å². The normalized spacial score (nSPS) is 19.3. The molecule has 0 bridgehead atoms. The second-order valence-electron chi connectivity index (χ2n) is 8.99. The number of dihydropyridines is 1. The Kier molecular flexibility index (Phi) is 9.03. The molecule has 0 unspecified atom stereocenters. The Hall–Kier alpha value is -2.71. The number of ketones is 1. The van der Waals surface area contributed by atoms with Crippen molar-refractivity contribution in [2.24, 2.45) is 0 Å². The van der Waals surface area contributed by atoms with Gasteiger partial charge in [-0.3, -0.25) is 4.79 Å². The second kappa shape index (κ2) is 12.2. The summed E-state index contributed by atoms with van der Waals surface area (Å²) in [7, 11) is 3.25. The fourth-order valence-electron chi connectivity index (χ4n) is 5.14. The van der Waals surface area contributed by atoms with Gasteiger partial charge in [0.25, 0.3) is 0 Å². The molecule has 0 radical (unpaired) electrons. The van der Waals surface area contributed by atoms with Crippen LogP contribution in [0, 0.1) is 0 Å². The topological polar surface area (TPSA) is 73.9 Å². The number of esters is 1. The van der Waals surface area contributed by atoms with E-state index in [0.717, 1.165) is 38.6 Å². The first kappa shape index (κ1) is 27.3.